The van der Waals surface area contributed by atoms with Gasteiger partial charge in [-0.2, -0.15) is 0 Å². The van der Waals surface area contributed by atoms with Crippen LogP contribution in [-0.2, 0) is 32.1 Å². The Bertz CT molecular complexity index is 1230. The standard InChI is InChI=1S/C32H36BrN3O4/c33-24-16-14-23(15-17-24)21-36(29(37)18-19-35-31(39)26-12-6-7-13-27(26)32(35)40)28(20-22-8-2-1-3-9-22)30(38)34-25-10-4-5-11-25/h1-3,6-9,14-17,25-28H,4-5,10-13,18-21H2,(H,34,38)/t26-,27+,28?. The Morgan fingerprint density at radius 1 is 0.900 bits per heavy atom. The van der Waals surface area contributed by atoms with Gasteiger partial charge in [0.2, 0.25) is 23.6 Å². The van der Waals surface area contributed by atoms with Crippen molar-refractivity contribution in [1.29, 1.82) is 0 Å². The van der Waals surface area contributed by atoms with E-state index in [1.165, 1.54) is 4.90 Å². The van der Waals surface area contributed by atoms with E-state index in [9.17, 15) is 19.2 Å². The Kier molecular flexibility index (Phi) is 9.15. The number of imide groups is 1. The van der Waals surface area contributed by atoms with E-state index >= 15 is 0 Å². The molecule has 2 aromatic carbocycles. The van der Waals surface area contributed by atoms with Gasteiger partial charge in [-0.25, -0.2) is 0 Å². The highest BCUT2D eigenvalue weighted by Gasteiger charge is 2.47. The maximum Gasteiger partial charge on any atom is 0.243 e. The first kappa shape index (κ1) is 28.3. The van der Waals surface area contributed by atoms with Gasteiger partial charge in [-0.05, 0) is 48.9 Å². The summed E-state index contributed by atoms with van der Waals surface area (Å²) in [5.74, 6) is -1.44. The second-order valence-electron chi connectivity index (χ2n) is 11.1. The number of rotatable bonds is 10. The maximum absolute atomic E-state index is 13.9. The second-order valence-corrected chi connectivity index (χ2v) is 12.0. The van der Waals surface area contributed by atoms with Gasteiger partial charge in [0.25, 0.3) is 0 Å². The van der Waals surface area contributed by atoms with Crippen molar-refractivity contribution in [2.45, 2.75) is 70.0 Å². The second kappa shape index (κ2) is 12.9. The summed E-state index contributed by atoms with van der Waals surface area (Å²) < 4.78 is 0.927. The number of allylic oxidation sites excluding steroid dienone is 2. The molecule has 4 amide bonds. The summed E-state index contributed by atoms with van der Waals surface area (Å²) in [4.78, 5) is 56.7. The van der Waals surface area contributed by atoms with E-state index in [1.54, 1.807) is 4.90 Å². The van der Waals surface area contributed by atoms with E-state index in [0.29, 0.717) is 19.3 Å². The van der Waals surface area contributed by atoms with E-state index in [2.05, 4.69) is 21.2 Å². The molecule has 2 fully saturated rings. The van der Waals surface area contributed by atoms with E-state index < -0.39 is 6.04 Å². The highest BCUT2D eigenvalue weighted by molar-refractivity contribution is 9.10. The fourth-order valence-electron chi connectivity index (χ4n) is 6.15. The number of halogens is 1. The van der Waals surface area contributed by atoms with Crippen molar-refractivity contribution in [3.63, 3.8) is 0 Å². The largest absolute Gasteiger partial charge is 0.352 e. The topological polar surface area (TPSA) is 86.8 Å². The van der Waals surface area contributed by atoms with Crippen LogP contribution in [0.5, 0.6) is 0 Å². The molecule has 1 heterocycles. The van der Waals surface area contributed by atoms with E-state index in [1.807, 2.05) is 66.7 Å². The molecule has 1 unspecified atom stereocenters. The van der Waals surface area contributed by atoms with Crippen molar-refractivity contribution in [3.8, 4) is 0 Å². The summed E-state index contributed by atoms with van der Waals surface area (Å²) in [6, 6.07) is 16.8. The number of carbonyl (C=O) groups is 4. The molecule has 1 aliphatic heterocycles. The molecule has 0 aromatic heterocycles. The SMILES string of the molecule is O=C(NC1CCCC1)C(Cc1ccccc1)N(Cc1ccc(Br)cc1)C(=O)CCN1C(=O)[C@H]2CC=CC[C@H]2C1=O. The molecule has 1 N–H and O–H groups in total. The normalized spacial score (nSPS) is 21.4. The number of benzene rings is 2. The molecule has 0 spiro atoms. The Hall–Kier alpha value is -3.26. The summed E-state index contributed by atoms with van der Waals surface area (Å²) in [6.07, 6.45) is 9.46. The Balaban J connectivity index is 1.38. The predicted octanol–water partition coefficient (Wildman–Crippen LogP) is 4.79. The summed E-state index contributed by atoms with van der Waals surface area (Å²) in [5, 5.41) is 3.21. The van der Waals surface area contributed by atoms with Gasteiger partial charge in [-0.3, -0.25) is 24.1 Å². The molecule has 2 aliphatic carbocycles. The summed E-state index contributed by atoms with van der Waals surface area (Å²) in [6.45, 7) is 0.279. The number of likely N-dealkylation sites (tertiary alicyclic amines) is 1. The third-order valence-electron chi connectivity index (χ3n) is 8.39. The van der Waals surface area contributed by atoms with Crippen molar-refractivity contribution < 1.29 is 19.2 Å². The lowest BCUT2D eigenvalue weighted by Gasteiger charge is -2.33. The molecule has 1 saturated heterocycles. The zero-order valence-corrected chi connectivity index (χ0v) is 24.2. The minimum atomic E-state index is -0.726. The smallest absolute Gasteiger partial charge is 0.243 e. The molecule has 0 radical (unpaired) electrons. The molecular weight excluding hydrogens is 570 g/mol. The third-order valence-corrected chi connectivity index (χ3v) is 8.92. The number of nitrogens with one attached hydrogen (secondary N) is 1. The molecule has 3 aliphatic rings. The summed E-state index contributed by atoms with van der Waals surface area (Å²) >= 11 is 3.47. The Morgan fingerprint density at radius 2 is 1.52 bits per heavy atom. The van der Waals surface area contributed by atoms with Gasteiger partial charge < -0.3 is 10.2 Å². The molecule has 2 aromatic rings. The monoisotopic (exact) mass is 605 g/mol. The first-order chi connectivity index (χ1) is 19.4. The van der Waals surface area contributed by atoms with Crippen LogP contribution in [0, 0.1) is 11.8 Å². The van der Waals surface area contributed by atoms with Crippen molar-refractivity contribution in [2.24, 2.45) is 11.8 Å². The quantitative estimate of drug-likeness (QED) is 0.312. The molecule has 3 atom stereocenters. The van der Waals surface area contributed by atoms with Gasteiger partial charge >= 0.3 is 0 Å². The average molecular weight is 607 g/mol. The minimum Gasteiger partial charge on any atom is -0.352 e. The van der Waals surface area contributed by atoms with Crippen molar-refractivity contribution >= 4 is 39.6 Å². The van der Waals surface area contributed by atoms with Crippen molar-refractivity contribution in [2.75, 3.05) is 6.54 Å². The number of hydrogen-bond acceptors (Lipinski definition) is 4. The van der Waals surface area contributed by atoms with Gasteiger partial charge in [0.05, 0.1) is 11.8 Å². The highest BCUT2D eigenvalue weighted by Crippen LogP contribution is 2.35. The van der Waals surface area contributed by atoms with E-state index in [0.717, 1.165) is 41.3 Å². The van der Waals surface area contributed by atoms with E-state index in [-0.39, 0.29) is 61.0 Å². The number of hydrogen-bond donors (Lipinski definition) is 1. The predicted molar refractivity (Wildman–Crippen MR) is 156 cm³/mol. The van der Waals surface area contributed by atoms with Crippen LogP contribution in [0.3, 0.4) is 0 Å². The number of fused-ring (bicyclic) bond motifs is 1. The lowest BCUT2D eigenvalue weighted by molar-refractivity contribution is -0.144. The highest BCUT2D eigenvalue weighted by atomic mass is 79.9. The van der Waals surface area contributed by atoms with Gasteiger partial charge in [0.15, 0.2) is 0 Å². The van der Waals surface area contributed by atoms with Crippen molar-refractivity contribution in [1.82, 2.24) is 15.1 Å². The first-order valence-corrected chi connectivity index (χ1v) is 15.1. The zero-order chi connectivity index (χ0) is 28.1. The van der Waals surface area contributed by atoms with E-state index in [4.69, 9.17) is 0 Å². The number of nitrogens with zero attached hydrogens (tertiary/aromatic N) is 2. The third kappa shape index (κ3) is 6.54. The van der Waals surface area contributed by atoms with Crippen LogP contribution in [0.25, 0.3) is 0 Å². The number of amides is 4. The number of carbonyl (C=O) groups excluding carboxylic acids is 4. The Morgan fingerprint density at radius 3 is 2.15 bits per heavy atom. The van der Waals surface area contributed by atoms with Crippen LogP contribution in [0.15, 0.2) is 71.2 Å². The van der Waals surface area contributed by atoms with Gasteiger partial charge in [0.1, 0.15) is 6.04 Å². The first-order valence-electron chi connectivity index (χ1n) is 14.3. The lowest BCUT2D eigenvalue weighted by Crippen LogP contribution is -2.52. The van der Waals surface area contributed by atoms with Crippen LogP contribution < -0.4 is 5.32 Å². The fraction of sp³-hybridized carbons (Fsp3) is 0.438. The molecule has 210 valence electrons. The fourth-order valence-corrected chi connectivity index (χ4v) is 6.41. The van der Waals surface area contributed by atoms with Gasteiger partial charge in [-0.15, -0.1) is 0 Å². The molecule has 0 bridgehead atoms. The molecule has 1 saturated carbocycles. The molecule has 40 heavy (non-hydrogen) atoms. The van der Waals surface area contributed by atoms with Crippen LogP contribution in [0.2, 0.25) is 0 Å². The molecular formula is C32H36BrN3O4. The van der Waals surface area contributed by atoms with Crippen LogP contribution >= 0.6 is 15.9 Å². The van der Waals surface area contributed by atoms with Crippen LogP contribution in [0.1, 0.15) is 56.1 Å². The zero-order valence-electron chi connectivity index (χ0n) is 22.6. The minimum absolute atomic E-state index is 0.0249. The molecule has 5 rings (SSSR count). The van der Waals surface area contributed by atoms with Gasteiger partial charge in [-0.1, -0.05) is 83.4 Å². The molecule has 7 nitrogen and oxygen atoms in total. The van der Waals surface area contributed by atoms with Gasteiger partial charge in [0, 0.05) is 36.4 Å². The molecule has 8 heteroatoms. The summed E-state index contributed by atoms with van der Waals surface area (Å²) in [5.41, 5.74) is 1.86. The average Bonchev–Trinajstić information content (AvgIpc) is 3.57. The van der Waals surface area contributed by atoms with Crippen LogP contribution in [0.4, 0.5) is 0 Å². The van der Waals surface area contributed by atoms with Crippen LogP contribution in [-0.4, -0.2) is 52.1 Å². The maximum atomic E-state index is 13.9. The summed E-state index contributed by atoms with van der Waals surface area (Å²) in [7, 11) is 0. The van der Waals surface area contributed by atoms with Crippen molar-refractivity contribution in [3.05, 3.63) is 82.3 Å². The lowest BCUT2D eigenvalue weighted by atomic mass is 9.85. The Labute approximate surface area is 244 Å².